The fraction of sp³-hybridized carbons (Fsp3) is 0.250. The van der Waals surface area contributed by atoms with E-state index in [2.05, 4.69) is 9.55 Å². The molecule has 0 fully saturated rings. The lowest BCUT2D eigenvalue weighted by molar-refractivity contribution is 0.0992. The smallest absolute Gasteiger partial charge is 0.261 e. The molecule has 0 aliphatic carbocycles. The van der Waals surface area contributed by atoms with E-state index in [0.717, 1.165) is 11.3 Å². The molecule has 0 spiro atoms. The number of carbonyl (C=O) groups is 1. The maximum atomic E-state index is 14.2. The molecule has 0 N–H and O–H groups in total. The Morgan fingerprint density at radius 3 is 2.29 bits per heavy atom. The third-order valence-corrected chi connectivity index (χ3v) is 7.14. The van der Waals surface area contributed by atoms with Crippen LogP contribution in [-0.4, -0.2) is 34.2 Å². The largest absolute Gasteiger partial charge is 0.495 e. The summed E-state index contributed by atoms with van der Waals surface area (Å²) in [6.45, 7) is 4.07. The first-order valence-electron chi connectivity index (χ1n) is 11.9. The average Bonchev–Trinajstić information content (AvgIpc) is 3.41. The Bertz CT molecular complexity index is 1610. The predicted octanol–water partition coefficient (Wildman–Crippen LogP) is 5.90. The molecular weight excluding hydrogens is 527 g/mol. The lowest BCUT2D eigenvalue weighted by Crippen LogP contribution is -2.30. The lowest BCUT2D eigenvalue weighted by atomic mass is 10.0. The second kappa shape index (κ2) is 9.85. The van der Waals surface area contributed by atoms with Gasteiger partial charge in [0.2, 0.25) is 5.88 Å². The van der Waals surface area contributed by atoms with Gasteiger partial charge < -0.3 is 18.6 Å². The highest BCUT2D eigenvalue weighted by Crippen LogP contribution is 2.48. The summed E-state index contributed by atoms with van der Waals surface area (Å²) < 4.78 is 14.7. The number of benzene rings is 1. The molecule has 0 bridgehead atoms. The first kappa shape index (κ1) is 25.9. The minimum absolute atomic E-state index is 0.0653. The molecule has 10 heteroatoms. The fourth-order valence-corrected chi connectivity index (χ4v) is 5.32. The molecule has 0 radical (unpaired) electrons. The summed E-state index contributed by atoms with van der Waals surface area (Å²) in [4.78, 5) is 32.8. The number of aryl methyl sites for hydroxylation is 1. The van der Waals surface area contributed by atoms with Crippen LogP contribution in [0.1, 0.15) is 47.5 Å². The minimum atomic E-state index is -0.544. The SMILES string of the molecule is COc1cn(C)c(=O)cc1-c1cc2c(n1C(C)C)C(c1ccc(Cl)cc1)N(c1cc(Cl)cnc1OC)C2=O. The van der Waals surface area contributed by atoms with Crippen LogP contribution in [0, 0.1) is 0 Å². The molecule has 0 saturated heterocycles. The van der Waals surface area contributed by atoms with Crippen LogP contribution >= 0.6 is 23.2 Å². The Hall–Kier alpha value is -3.75. The van der Waals surface area contributed by atoms with E-state index in [1.165, 1.54) is 23.9 Å². The van der Waals surface area contributed by atoms with Gasteiger partial charge in [0, 0.05) is 42.1 Å². The summed E-state index contributed by atoms with van der Waals surface area (Å²) in [5.74, 6) is 0.556. The van der Waals surface area contributed by atoms with Gasteiger partial charge in [-0.15, -0.1) is 0 Å². The number of nitrogens with zero attached hydrogens (tertiary/aromatic N) is 4. The first-order chi connectivity index (χ1) is 18.2. The highest BCUT2D eigenvalue weighted by Gasteiger charge is 2.44. The van der Waals surface area contributed by atoms with Crippen LogP contribution in [0.25, 0.3) is 11.3 Å². The van der Waals surface area contributed by atoms with Gasteiger partial charge in [-0.25, -0.2) is 4.98 Å². The quantitative estimate of drug-likeness (QED) is 0.297. The molecular formula is C28H26Cl2N4O4. The number of pyridine rings is 2. The Morgan fingerprint density at radius 2 is 1.66 bits per heavy atom. The molecule has 1 aliphatic rings. The van der Waals surface area contributed by atoms with E-state index in [9.17, 15) is 9.59 Å². The molecule has 8 nitrogen and oxygen atoms in total. The molecule has 196 valence electrons. The number of hydrogen-bond acceptors (Lipinski definition) is 5. The Morgan fingerprint density at radius 1 is 0.947 bits per heavy atom. The summed E-state index contributed by atoms with van der Waals surface area (Å²) in [7, 11) is 4.72. The van der Waals surface area contributed by atoms with Gasteiger partial charge >= 0.3 is 0 Å². The van der Waals surface area contributed by atoms with Crippen molar-refractivity contribution in [2.45, 2.75) is 25.9 Å². The van der Waals surface area contributed by atoms with E-state index >= 15 is 0 Å². The first-order valence-corrected chi connectivity index (χ1v) is 12.7. The van der Waals surface area contributed by atoms with E-state index < -0.39 is 6.04 Å². The number of halogens is 2. The molecule has 1 unspecified atom stereocenters. The van der Waals surface area contributed by atoms with Crippen molar-refractivity contribution >= 4 is 34.8 Å². The van der Waals surface area contributed by atoms with Crippen molar-refractivity contribution in [1.29, 1.82) is 0 Å². The molecule has 3 aromatic heterocycles. The van der Waals surface area contributed by atoms with Gasteiger partial charge in [0.1, 0.15) is 17.5 Å². The van der Waals surface area contributed by atoms with Crippen molar-refractivity contribution in [3.63, 3.8) is 0 Å². The van der Waals surface area contributed by atoms with Gasteiger partial charge in [-0.3, -0.25) is 14.5 Å². The average molecular weight is 553 g/mol. The van der Waals surface area contributed by atoms with E-state index in [1.807, 2.05) is 32.0 Å². The number of anilines is 1. The van der Waals surface area contributed by atoms with Crippen molar-refractivity contribution in [2.75, 3.05) is 19.1 Å². The number of aromatic nitrogens is 3. The zero-order valence-electron chi connectivity index (χ0n) is 21.5. The number of methoxy groups -OCH3 is 2. The topological polar surface area (TPSA) is 78.6 Å². The fourth-order valence-electron chi connectivity index (χ4n) is 5.04. The van der Waals surface area contributed by atoms with E-state index in [-0.39, 0.29) is 23.4 Å². The van der Waals surface area contributed by atoms with Crippen LogP contribution < -0.4 is 19.9 Å². The highest BCUT2D eigenvalue weighted by molar-refractivity contribution is 6.31. The molecule has 4 aromatic rings. The molecule has 1 amide bonds. The number of hydrogen-bond donors (Lipinski definition) is 0. The van der Waals surface area contributed by atoms with Crippen molar-refractivity contribution in [2.24, 2.45) is 7.05 Å². The summed E-state index contributed by atoms with van der Waals surface area (Å²) in [6, 6.07) is 11.8. The summed E-state index contributed by atoms with van der Waals surface area (Å²) in [5.41, 5.74) is 3.69. The number of ether oxygens (including phenoxy) is 2. The number of amides is 1. The van der Waals surface area contributed by atoms with Crippen LogP contribution in [0.3, 0.4) is 0 Å². The molecule has 1 atom stereocenters. The third kappa shape index (κ3) is 4.14. The van der Waals surface area contributed by atoms with Crippen molar-refractivity contribution < 1.29 is 14.3 Å². The Kier molecular flexibility index (Phi) is 6.71. The number of carbonyl (C=O) groups excluding carboxylic acids is 1. The maximum Gasteiger partial charge on any atom is 0.261 e. The van der Waals surface area contributed by atoms with Crippen LogP contribution in [0.4, 0.5) is 5.69 Å². The molecule has 1 aromatic carbocycles. The van der Waals surface area contributed by atoms with Crippen LogP contribution in [0.2, 0.25) is 10.0 Å². The molecule has 38 heavy (non-hydrogen) atoms. The monoisotopic (exact) mass is 552 g/mol. The molecule has 4 heterocycles. The summed E-state index contributed by atoms with van der Waals surface area (Å²) in [5, 5.41) is 0.953. The normalized spacial score (nSPS) is 14.8. The van der Waals surface area contributed by atoms with Gasteiger partial charge in [0.05, 0.1) is 36.2 Å². The van der Waals surface area contributed by atoms with Crippen LogP contribution in [-0.2, 0) is 7.05 Å². The standard InChI is InChI=1S/C28H26Cl2N4O4/c1-15(2)33-21(19-12-24(35)32(3)14-23(19)37-4)11-20-26(33)25(16-6-8-17(29)9-7-16)34(28(20)36)22-10-18(30)13-31-27(22)38-5/h6-15,25H,1-5H3. The highest BCUT2D eigenvalue weighted by atomic mass is 35.5. The summed E-state index contributed by atoms with van der Waals surface area (Å²) in [6.07, 6.45) is 3.12. The van der Waals surface area contributed by atoms with Gasteiger partial charge in [-0.05, 0) is 43.7 Å². The van der Waals surface area contributed by atoms with Crippen LogP contribution in [0.15, 0.2) is 59.7 Å². The van der Waals surface area contributed by atoms with E-state index in [0.29, 0.717) is 38.3 Å². The lowest BCUT2D eigenvalue weighted by Gasteiger charge is -2.29. The number of rotatable bonds is 6. The van der Waals surface area contributed by atoms with Gasteiger partial charge in [0.25, 0.3) is 11.5 Å². The van der Waals surface area contributed by atoms with Gasteiger partial charge in [-0.2, -0.15) is 0 Å². The van der Waals surface area contributed by atoms with E-state index in [4.69, 9.17) is 32.7 Å². The second-order valence-corrected chi connectivity index (χ2v) is 10.2. The van der Waals surface area contributed by atoms with Gasteiger partial charge in [-0.1, -0.05) is 35.3 Å². The zero-order valence-corrected chi connectivity index (χ0v) is 23.0. The van der Waals surface area contributed by atoms with Gasteiger partial charge in [0.15, 0.2) is 0 Å². The van der Waals surface area contributed by atoms with E-state index in [1.54, 1.807) is 43.5 Å². The third-order valence-electron chi connectivity index (χ3n) is 6.68. The Balaban J connectivity index is 1.82. The zero-order chi connectivity index (χ0) is 27.3. The van der Waals surface area contributed by atoms with Crippen molar-refractivity contribution in [3.05, 3.63) is 92.1 Å². The molecule has 0 saturated carbocycles. The predicted molar refractivity (Wildman–Crippen MR) is 148 cm³/mol. The molecule has 1 aliphatic heterocycles. The second-order valence-electron chi connectivity index (χ2n) is 9.31. The van der Waals surface area contributed by atoms with Crippen molar-refractivity contribution in [1.82, 2.24) is 14.1 Å². The molecule has 5 rings (SSSR count). The number of fused-ring (bicyclic) bond motifs is 1. The Labute approximate surface area is 230 Å². The summed E-state index contributed by atoms with van der Waals surface area (Å²) >= 11 is 12.5. The maximum absolute atomic E-state index is 14.2. The van der Waals surface area contributed by atoms with Crippen molar-refractivity contribution in [3.8, 4) is 22.9 Å². The minimum Gasteiger partial charge on any atom is -0.495 e. The van der Waals surface area contributed by atoms with Crippen LogP contribution in [0.5, 0.6) is 11.6 Å².